The first-order chi connectivity index (χ1) is 11.7. The summed E-state index contributed by atoms with van der Waals surface area (Å²) in [6.07, 6.45) is 4.66. The molecule has 2 aliphatic heterocycles. The molecule has 0 bridgehead atoms. The molecule has 0 saturated carbocycles. The van der Waals surface area contributed by atoms with Gasteiger partial charge < -0.3 is 9.64 Å². The molecule has 3 rings (SSSR count). The van der Waals surface area contributed by atoms with E-state index in [9.17, 15) is 4.79 Å². The summed E-state index contributed by atoms with van der Waals surface area (Å²) >= 11 is 1.69. The highest BCUT2D eigenvalue weighted by molar-refractivity contribution is 8.02. The lowest BCUT2D eigenvalue weighted by Gasteiger charge is -2.26. The Morgan fingerprint density at radius 1 is 1.33 bits per heavy atom. The number of fused-ring (bicyclic) bond motifs is 1. The normalized spacial score (nSPS) is 17.6. The van der Waals surface area contributed by atoms with Crippen molar-refractivity contribution in [3.05, 3.63) is 47.2 Å². The number of ether oxygens (including phenoxy) is 1. The second-order valence-electron chi connectivity index (χ2n) is 5.78. The maximum absolute atomic E-state index is 13.0. The Kier molecular flexibility index (Phi) is 5.26. The number of hydrogen-bond acceptors (Lipinski definition) is 4. The van der Waals surface area contributed by atoms with Crippen LogP contribution in [0.15, 0.2) is 30.2 Å². The third-order valence-corrected chi connectivity index (χ3v) is 5.40. The average Bonchev–Trinajstić information content (AvgIpc) is 3.00. The highest BCUT2D eigenvalue weighted by atomic mass is 32.2. The minimum absolute atomic E-state index is 0.00969. The number of aryl methyl sites for hydroxylation is 1. The van der Waals surface area contributed by atoms with Crippen molar-refractivity contribution >= 4 is 23.2 Å². The molecule has 0 aromatic carbocycles. The van der Waals surface area contributed by atoms with Gasteiger partial charge in [0.15, 0.2) is 5.69 Å². The first-order valence-electron chi connectivity index (χ1n) is 8.30. The van der Waals surface area contributed by atoms with E-state index in [-0.39, 0.29) is 5.91 Å². The zero-order valence-corrected chi connectivity index (χ0v) is 14.9. The van der Waals surface area contributed by atoms with E-state index >= 15 is 0 Å². The number of hydrogen-bond donors (Lipinski definition) is 0. The van der Waals surface area contributed by atoms with Gasteiger partial charge in [-0.3, -0.25) is 9.48 Å². The van der Waals surface area contributed by atoms with Crippen LogP contribution in [0.5, 0.6) is 0 Å². The van der Waals surface area contributed by atoms with Gasteiger partial charge in [0.1, 0.15) is 0 Å². The van der Waals surface area contributed by atoms with Gasteiger partial charge in [-0.05, 0) is 6.42 Å². The molecule has 1 amide bonds. The Morgan fingerprint density at radius 3 is 2.71 bits per heavy atom. The van der Waals surface area contributed by atoms with Crippen LogP contribution < -0.4 is 0 Å². The number of rotatable bonds is 5. The second-order valence-corrected chi connectivity index (χ2v) is 6.80. The molecular formula is C18H23N3O2S. The maximum atomic E-state index is 13.0. The van der Waals surface area contributed by atoms with Crippen molar-refractivity contribution in [1.29, 1.82) is 0 Å². The number of morpholine rings is 1. The maximum Gasteiger partial charge on any atom is 0.274 e. The lowest BCUT2D eigenvalue weighted by Crippen LogP contribution is -2.41. The Labute approximate surface area is 147 Å². The molecule has 1 fully saturated rings. The van der Waals surface area contributed by atoms with Crippen molar-refractivity contribution in [2.24, 2.45) is 0 Å². The van der Waals surface area contributed by atoms with Gasteiger partial charge in [0.05, 0.1) is 18.9 Å². The topological polar surface area (TPSA) is 47.4 Å². The van der Waals surface area contributed by atoms with Gasteiger partial charge in [-0.25, -0.2) is 0 Å². The second kappa shape index (κ2) is 7.40. The van der Waals surface area contributed by atoms with Crippen LogP contribution in [0, 0.1) is 0 Å². The SMILES string of the molecule is C=CC1=C(C=C)c2c(c(C(=O)N3CCOCC3)nn2CCC)CS1. The number of carbonyl (C=O) groups is 1. The van der Waals surface area contributed by atoms with E-state index in [0.717, 1.165) is 40.5 Å². The molecule has 0 atom stereocenters. The fraction of sp³-hybridized carbons (Fsp3) is 0.444. The van der Waals surface area contributed by atoms with Crippen LogP contribution in [-0.4, -0.2) is 46.9 Å². The molecule has 0 unspecified atom stereocenters. The van der Waals surface area contributed by atoms with Gasteiger partial charge in [-0.1, -0.05) is 32.2 Å². The Balaban J connectivity index is 2.07. The summed E-state index contributed by atoms with van der Waals surface area (Å²) < 4.78 is 7.31. The van der Waals surface area contributed by atoms with Crippen molar-refractivity contribution in [3.8, 4) is 0 Å². The van der Waals surface area contributed by atoms with E-state index in [1.54, 1.807) is 11.8 Å². The summed E-state index contributed by atoms with van der Waals surface area (Å²) in [5.41, 5.74) is 3.65. The summed E-state index contributed by atoms with van der Waals surface area (Å²) in [6, 6.07) is 0. The van der Waals surface area contributed by atoms with Crippen LogP contribution in [-0.2, 0) is 17.0 Å². The predicted octanol–water partition coefficient (Wildman–Crippen LogP) is 3.10. The highest BCUT2D eigenvalue weighted by Gasteiger charge is 2.31. The predicted molar refractivity (Wildman–Crippen MR) is 97.8 cm³/mol. The summed E-state index contributed by atoms with van der Waals surface area (Å²) in [7, 11) is 0. The Morgan fingerprint density at radius 2 is 2.08 bits per heavy atom. The smallest absolute Gasteiger partial charge is 0.274 e. The van der Waals surface area contributed by atoms with E-state index in [1.807, 2.05) is 21.7 Å². The number of aromatic nitrogens is 2. The average molecular weight is 345 g/mol. The molecule has 0 N–H and O–H groups in total. The molecule has 1 aromatic rings. The van der Waals surface area contributed by atoms with Crippen molar-refractivity contribution in [2.45, 2.75) is 25.6 Å². The molecule has 2 aliphatic rings. The van der Waals surface area contributed by atoms with Crippen LogP contribution >= 0.6 is 11.8 Å². The molecule has 0 radical (unpaired) electrons. The van der Waals surface area contributed by atoms with Gasteiger partial charge in [0.2, 0.25) is 0 Å². The first kappa shape index (κ1) is 17.0. The molecule has 1 aromatic heterocycles. The molecule has 0 spiro atoms. The fourth-order valence-electron chi connectivity index (χ4n) is 3.11. The quantitative estimate of drug-likeness (QED) is 0.823. The van der Waals surface area contributed by atoms with Crippen molar-refractivity contribution < 1.29 is 9.53 Å². The van der Waals surface area contributed by atoms with Crippen molar-refractivity contribution in [2.75, 3.05) is 26.3 Å². The zero-order valence-electron chi connectivity index (χ0n) is 14.1. The van der Waals surface area contributed by atoms with E-state index in [2.05, 4.69) is 25.2 Å². The van der Waals surface area contributed by atoms with Crippen LogP contribution in [0.4, 0.5) is 0 Å². The third-order valence-electron chi connectivity index (χ3n) is 4.27. The minimum Gasteiger partial charge on any atom is -0.378 e. The van der Waals surface area contributed by atoms with E-state index < -0.39 is 0 Å². The number of allylic oxidation sites excluding steroid dienone is 3. The van der Waals surface area contributed by atoms with Crippen molar-refractivity contribution in [3.63, 3.8) is 0 Å². The lowest BCUT2D eigenvalue weighted by molar-refractivity contribution is 0.0298. The fourth-order valence-corrected chi connectivity index (χ4v) is 4.14. The number of thioether (sulfide) groups is 1. The summed E-state index contributed by atoms with van der Waals surface area (Å²) in [5, 5.41) is 4.68. The summed E-state index contributed by atoms with van der Waals surface area (Å²) in [5.74, 6) is 0.749. The molecule has 5 nitrogen and oxygen atoms in total. The van der Waals surface area contributed by atoms with Gasteiger partial charge in [-0.2, -0.15) is 5.10 Å². The molecule has 1 saturated heterocycles. The molecule has 24 heavy (non-hydrogen) atoms. The van der Waals surface area contributed by atoms with Crippen LogP contribution in [0.25, 0.3) is 5.57 Å². The number of nitrogens with zero attached hydrogens (tertiary/aromatic N) is 3. The van der Waals surface area contributed by atoms with Gasteiger partial charge >= 0.3 is 0 Å². The van der Waals surface area contributed by atoms with Crippen LogP contribution in [0.3, 0.4) is 0 Å². The lowest BCUT2D eigenvalue weighted by atomic mass is 10.0. The number of carbonyl (C=O) groups excluding carboxylic acids is 1. The molecule has 0 aliphatic carbocycles. The molecular weight excluding hydrogens is 322 g/mol. The van der Waals surface area contributed by atoms with Gasteiger partial charge in [0.25, 0.3) is 5.91 Å². The molecule has 3 heterocycles. The van der Waals surface area contributed by atoms with Gasteiger partial charge in [-0.15, -0.1) is 11.8 Å². The Bertz CT molecular complexity index is 699. The summed E-state index contributed by atoms with van der Waals surface area (Å²) in [6.45, 7) is 13.2. The van der Waals surface area contributed by atoms with Gasteiger partial charge in [0, 0.05) is 41.4 Å². The number of amides is 1. The van der Waals surface area contributed by atoms with Crippen LogP contribution in [0.2, 0.25) is 0 Å². The van der Waals surface area contributed by atoms with E-state index in [4.69, 9.17) is 4.74 Å². The molecule has 6 heteroatoms. The third kappa shape index (κ3) is 2.96. The van der Waals surface area contributed by atoms with Crippen molar-refractivity contribution in [1.82, 2.24) is 14.7 Å². The monoisotopic (exact) mass is 345 g/mol. The Hall–Kier alpha value is -1.79. The zero-order chi connectivity index (χ0) is 17.1. The van der Waals surface area contributed by atoms with E-state index in [0.29, 0.717) is 32.0 Å². The van der Waals surface area contributed by atoms with Crippen LogP contribution in [0.1, 0.15) is 35.1 Å². The standard InChI is InChI=1S/C18H23N3O2S/c1-4-7-21-17-13(5-2)15(6-3)24-12-14(17)16(19-21)18(22)20-8-10-23-11-9-20/h5-6H,2-4,7-12H2,1H3. The molecule has 128 valence electrons. The first-order valence-corrected chi connectivity index (χ1v) is 9.28. The van der Waals surface area contributed by atoms with E-state index in [1.165, 1.54) is 0 Å². The highest BCUT2D eigenvalue weighted by Crippen LogP contribution is 2.40. The summed E-state index contributed by atoms with van der Waals surface area (Å²) in [4.78, 5) is 15.9. The minimum atomic E-state index is 0.00969. The largest absolute Gasteiger partial charge is 0.378 e.